The summed E-state index contributed by atoms with van der Waals surface area (Å²) in [6, 6.07) is 21.4. The summed E-state index contributed by atoms with van der Waals surface area (Å²) < 4.78 is 0. The van der Waals surface area contributed by atoms with Crippen molar-refractivity contribution < 1.29 is 10.2 Å². The highest BCUT2D eigenvalue weighted by Gasteiger charge is 2.18. The van der Waals surface area contributed by atoms with E-state index in [4.69, 9.17) is 0 Å². The first kappa shape index (κ1) is 15.2. The Hall–Kier alpha value is -2.74. The average Bonchev–Trinajstić information content (AvgIpc) is 2.46. The van der Waals surface area contributed by atoms with Gasteiger partial charge >= 0.3 is 0 Å². The van der Waals surface area contributed by atoms with Crippen LogP contribution in [0.1, 0.15) is 33.7 Å². The van der Waals surface area contributed by atoms with Crippen LogP contribution in [0, 0.1) is 13.8 Å². The lowest BCUT2D eigenvalue weighted by atomic mass is 9.84. The minimum atomic E-state index is -0.0344. The maximum atomic E-state index is 10.00. The van der Waals surface area contributed by atoms with Crippen molar-refractivity contribution in [2.75, 3.05) is 0 Å². The van der Waals surface area contributed by atoms with Gasteiger partial charge in [-0.1, -0.05) is 42.5 Å². The van der Waals surface area contributed by atoms with Gasteiger partial charge in [-0.2, -0.15) is 0 Å². The van der Waals surface area contributed by atoms with Gasteiger partial charge in [0.1, 0.15) is 11.5 Å². The molecule has 0 saturated heterocycles. The van der Waals surface area contributed by atoms with Crippen LogP contribution in [0.3, 0.4) is 0 Å². The van der Waals surface area contributed by atoms with Crippen LogP contribution in [-0.4, -0.2) is 10.2 Å². The van der Waals surface area contributed by atoms with E-state index in [1.54, 1.807) is 24.3 Å². The molecule has 0 radical (unpaired) electrons. The minimum Gasteiger partial charge on any atom is -0.508 e. The number of hydrogen-bond acceptors (Lipinski definition) is 2. The van der Waals surface area contributed by atoms with Crippen molar-refractivity contribution in [3.8, 4) is 11.5 Å². The predicted octanol–water partition coefficient (Wildman–Crippen LogP) is 4.89. The van der Waals surface area contributed by atoms with Gasteiger partial charge in [0, 0.05) is 5.92 Å². The molecule has 2 heteroatoms. The van der Waals surface area contributed by atoms with Crippen molar-refractivity contribution in [1.29, 1.82) is 0 Å². The number of phenols is 2. The number of rotatable bonds is 3. The molecule has 0 fully saturated rings. The van der Waals surface area contributed by atoms with Crippen molar-refractivity contribution in [3.63, 3.8) is 0 Å². The van der Waals surface area contributed by atoms with Crippen molar-refractivity contribution in [3.05, 3.63) is 94.5 Å². The zero-order valence-corrected chi connectivity index (χ0v) is 13.3. The number of phenolic OH excluding ortho intramolecular Hbond substituents is 2. The van der Waals surface area contributed by atoms with Gasteiger partial charge < -0.3 is 10.2 Å². The lowest BCUT2D eigenvalue weighted by Crippen LogP contribution is -2.04. The van der Waals surface area contributed by atoms with Gasteiger partial charge in [-0.25, -0.2) is 0 Å². The third kappa shape index (κ3) is 3.37. The number of hydrogen-bond donors (Lipinski definition) is 2. The average molecular weight is 304 g/mol. The quantitative estimate of drug-likeness (QED) is 0.676. The van der Waals surface area contributed by atoms with E-state index in [9.17, 15) is 10.2 Å². The van der Waals surface area contributed by atoms with Crippen LogP contribution in [0.2, 0.25) is 0 Å². The van der Waals surface area contributed by atoms with Crippen molar-refractivity contribution in [2.45, 2.75) is 19.8 Å². The summed E-state index contributed by atoms with van der Waals surface area (Å²) in [4.78, 5) is 0. The first-order chi connectivity index (χ1) is 11.0. The van der Waals surface area contributed by atoms with Gasteiger partial charge in [-0.15, -0.1) is 0 Å². The molecule has 2 N–H and O–H groups in total. The van der Waals surface area contributed by atoms with Crippen LogP contribution in [-0.2, 0) is 0 Å². The first-order valence-electron chi connectivity index (χ1n) is 7.69. The van der Waals surface area contributed by atoms with Crippen LogP contribution < -0.4 is 0 Å². The third-order valence-electron chi connectivity index (χ3n) is 3.97. The predicted molar refractivity (Wildman–Crippen MR) is 93.1 cm³/mol. The van der Waals surface area contributed by atoms with Gasteiger partial charge in [0.2, 0.25) is 0 Å². The Labute approximate surface area is 136 Å². The lowest BCUT2D eigenvalue weighted by molar-refractivity contribution is 0.473. The second-order valence-corrected chi connectivity index (χ2v) is 6.05. The molecular weight excluding hydrogens is 284 g/mol. The smallest absolute Gasteiger partial charge is 0.116 e. The molecule has 0 bridgehead atoms. The summed E-state index contributed by atoms with van der Waals surface area (Å²) >= 11 is 0. The van der Waals surface area contributed by atoms with Crippen LogP contribution in [0.4, 0.5) is 0 Å². The Kier molecular flexibility index (Phi) is 4.07. The molecule has 116 valence electrons. The van der Waals surface area contributed by atoms with Crippen LogP contribution in [0.25, 0.3) is 0 Å². The zero-order valence-electron chi connectivity index (χ0n) is 13.3. The Morgan fingerprint density at radius 3 is 1.52 bits per heavy atom. The molecule has 0 amide bonds. The maximum Gasteiger partial charge on any atom is 0.116 e. The number of aryl methyl sites for hydroxylation is 2. The van der Waals surface area contributed by atoms with Crippen molar-refractivity contribution in [1.82, 2.24) is 0 Å². The van der Waals surface area contributed by atoms with Gasteiger partial charge in [0.15, 0.2) is 0 Å². The Morgan fingerprint density at radius 2 is 1.09 bits per heavy atom. The van der Waals surface area contributed by atoms with Gasteiger partial charge in [0.05, 0.1) is 0 Å². The fourth-order valence-electron chi connectivity index (χ4n) is 3.14. The topological polar surface area (TPSA) is 40.5 Å². The number of benzene rings is 3. The van der Waals surface area contributed by atoms with E-state index in [1.165, 1.54) is 0 Å². The maximum absolute atomic E-state index is 10.00. The number of aromatic hydroxyl groups is 2. The standard InChI is InChI=1S/C21H20O2/c1-14-8-17(12-19(22)10-14)21(16-6-4-3-5-7-16)18-9-15(2)11-20(23)13-18/h3-13,21-23H,1-2H3. The minimum absolute atomic E-state index is 0.0344. The van der Waals surface area contributed by atoms with E-state index in [1.807, 2.05) is 32.0 Å². The highest BCUT2D eigenvalue weighted by molar-refractivity contribution is 5.49. The molecule has 23 heavy (non-hydrogen) atoms. The molecule has 0 heterocycles. The molecule has 3 rings (SSSR count). The van der Waals surface area contributed by atoms with Crippen molar-refractivity contribution >= 4 is 0 Å². The normalized spacial score (nSPS) is 10.9. The molecule has 2 nitrogen and oxygen atoms in total. The van der Waals surface area contributed by atoms with Crippen LogP contribution in [0.5, 0.6) is 11.5 Å². The van der Waals surface area contributed by atoms with E-state index in [2.05, 4.69) is 24.3 Å². The first-order valence-corrected chi connectivity index (χ1v) is 7.69. The summed E-state index contributed by atoms with van der Waals surface area (Å²) in [6.07, 6.45) is 0. The lowest BCUT2D eigenvalue weighted by Gasteiger charge is -2.20. The SMILES string of the molecule is Cc1cc(O)cc(C(c2ccccc2)c2cc(C)cc(O)c2)c1. The molecule has 3 aromatic carbocycles. The fourth-order valence-corrected chi connectivity index (χ4v) is 3.14. The molecule has 0 aliphatic rings. The zero-order chi connectivity index (χ0) is 16.4. The Bertz CT molecular complexity index is 731. The second kappa shape index (κ2) is 6.17. The summed E-state index contributed by atoms with van der Waals surface area (Å²) in [5.74, 6) is 0.489. The highest BCUT2D eigenvalue weighted by atomic mass is 16.3. The van der Waals surface area contributed by atoms with Crippen LogP contribution in [0.15, 0.2) is 66.7 Å². The monoisotopic (exact) mass is 304 g/mol. The molecule has 3 aromatic rings. The largest absolute Gasteiger partial charge is 0.508 e. The van der Waals surface area contributed by atoms with Crippen molar-refractivity contribution in [2.24, 2.45) is 0 Å². The molecule has 0 atom stereocenters. The molecule has 0 spiro atoms. The third-order valence-corrected chi connectivity index (χ3v) is 3.97. The summed E-state index contributed by atoms with van der Waals surface area (Å²) in [5, 5.41) is 20.0. The van der Waals surface area contributed by atoms with E-state index in [0.29, 0.717) is 0 Å². The Balaban J connectivity index is 2.22. The Morgan fingerprint density at radius 1 is 0.609 bits per heavy atom. The molecule has 0 aliphatic carbocycles. The van der Waals surface area contributed by atoms with E-state index in [0.717, 1.165) is 27.8 Å². The summed E-state index contributed by atoms with van der Waals surface area (Å²) in [5.41, 5.74) is 5.18. The summed E-state index contributed by atoms with van der Waals surface area (Å²) in [7, 11) is 0. The molecule has 0 unspecified atom stereocenters. The molecular formula is C21H20O2. The van der Waals surface area contributed by atoms with E-state index >= 15 is 0 Å². The molecule has 0 aromatic heterocycles. The van der Waals surface area contributed by atoms with Gasteiger partial charge in [-0.3, -0.25) is 0 Å². The highest BCUT2D eigenvalue weighted by Crippen LogP contribution is 2.35. The molecule has 0 aliphatic heterocycles. The van der Waals surface area contributed by atoms with E-state index < -0.39 is 0 Å². The second-order valence-electron chi connectivity index (χ2n) is 6.05. The van der Waals surface area contributed by atoms with Gasteiger partial charge in [0.25, 0.3) is 0 Å². The molecule has 0 saturated carbocycles. The fraction of sp³-hybridized carbons (Fsp3) is 0.143. The van der Waals surface area contributed by atoms with Crippen LogP contribution >= 0.6 is 0 Å². The van der Waals surface area contributed by atoms with Gasteiger partial charge in [-0.05, 0) is 65.9 Å². The summed E-state index contributed by atoms with van der Waals surface area (Å²) in [6.45, 7) is 3.94. The van der Waals surface area contributed by atoms with E-state index in [-0.39, 0.29) is 17.4 Å².